The second-order valence-corrected chi connectivity index (χ2v) is 10.1. The lowest BCUT2D eigenvalue weighted by Crippen LogP contribution is -2.38. The molecule has 1 amide bonds. The number of thioether (sulfide) groups is 1. The summed E-state index contributed by atoms with van der Waals surface area (Å²) in [5.74, 6) is -0.974. The number of amides is 1. The Morgan fingerprint density at radius 2 is 1.56 bits per heavy atom. The number of benzene rings is 3. The molecule has 0 aromatic heterocycles. The Kier molecular flexibility index (Phi) is 8.36. The van der Waals surface area contributed by atoms with Gasteiger partial charge in [-0.2, -0.15) is 0 Å². The minimum absolute atomic E-state index is 0.0949. The van der Waals surface area contributed by atoms with E-state index in [-0.39, 0.29) is 11.5 Å². The molecule has 178 valence electrons. The van der Waals surface area contributed by atoms with Gasteiger partial charge in [0.15, 0.2) is 0 Å². The third kappa shape index (κ3) is 6.18. The number of nitrogens with zero attached hydrogens (tertiary/aromatic N) is 1. The number of hydrogen-bond acceptors (Lipinski definition) is 6. The van der Waals surface area contributed by atoms with Gasteiger partial charge in [0.25, 0.3) is 10.0 Å². The molecule has 0 bridgehead atoms. The van der Waals surface area contributed by atoms with Gasteiger partial charge in [0, 0.05) is 10.6 Å². The van der Waals surface area contributed by atoms with E-state index < -0.39 is 28.4 Å². The van der Waals surface area contributed by atoms with Crippen molar-refractivity contribution < 1.29 is 22.7 Å². The summed E-state index contributed by atoms with van der Waals surface area (Å²) in [6, 6.07) is 19.7. The zero-order valence-corrected chi connectivity index (χ0v) is 20.8. The van der Waals surface area contributed by atoms with E-state index in [2.05, 4.69) is 5.32 Å². The molecule has 0 fully saturated rings. The van der Waals surface area contributed by atoms with Crippen LogP contribution in [0.1, 0.15) is 22.8 Å². The van der Waals surface area contributed by atoms with Gasteiger partial charge in [-0.25, -0.2) is 13.2 Å². The third-order valence-electron chi connectivity index (χ3n) is 4.94. The molecular formula is C25H26N2O5S2. The maximum Gasteiger partial charge on any atom is 0.338 e. The van der Waals surface area contributed by atoms with E-state index in [0.29, 0.717) is 16.9 Å². The van der Waals surface area contributed by atoms with Gasteiger partial charge in [0.05, 0.1) is 22.8 Å². The molecule has 9 heteroatoms. The van der Waals surface area contributed by atoms with Crippen LogP contribution in [0.5, 0.6) is 0 Å². The van der Waals surface area contributed by atoms with Gasteiger partial charge in [-0.3, -0.25) is 9.10 Å². The van der Waals surface area contributed by atoms with Crippen LogP contribution >= 0.6 is 11.8 Å². The number of nitrogens with one attached hydrogen (secondary N) is 1. The molecule has 3 aromatic rings. The number of aryl methyl sites for hydroxylation is 1. The van der Waals surface area contributed by atoms with Crippen LogP contribution in [0.2, 0.25) is 0 Å². The van der Waals surface area contributed by atoms with Crippen LogP contribution in [0, 0.1) is 6.92 Å². The highest BCUT2D eigenvalue weighted by atomic mass is 32.2. The Morgan fingerprint density at radius 3 is 2.12 bits per heavy atom. The minimum Gasteiger partial charge on any atom is -0.462 e. The predicted octanol–water partition coefficient (Wildman–Crippen LogP) is 4.73. The lowest BCUT2D eigenvalue weighted by Gasteiger charge is -2.24. The maximum absolute atomic E-state index is 13.5. The van der Waals surface area contributed by atoms with Crippen molar-refractivity contribution in [2.75, 3.05) is 29.0 Å². The molecule has 0 aliphatic heterocycles. The lowest BCUT2D eigenvalue weighted by atomic mass is 10.2. The standard InChI is InChI=1S/C25H26N2O5S2/c1-4-32-25(29)19-7-9-20(10-8-19)26-24(28)17-27(21-11-5-18(2)6-12-21)34(30,31)23-15-13-22(33-3)14-16-23/h5-16H,4,17H2,1-3H3,(H,26,28). The topological polar surface area (TPSA) is 92.8 Å². The Hall–Kier alpha value is -3.30. The summed E-state index contributed by atoms with van der Waals surface area (Å²) in [6.07, 6.45) is 1.91. The number of anilines is 2. The largest absolute Gasteiger partial charge is 0.462 e. The molecule has 0 saturated carbocycles. The van der Waals surface area contributed by atoms with Crippen LogP contribution in [-0.4, -0.2) is 39.7 Å². The summed E-state index contributed by atoms with van der Waals surface area (Å²) in [7, 11) is -4.00. The monoisotopic (exact) mass is 498 g/mol. The van der Waals surface area contributed by atoms with Gasteiger partial charge in [0.1, 0.15) is 6.54 Å². The van der Waals surface area contributed by atoms with Gasteiger partial charge in [0.2, 0.25) is 5.91 Å². The molecule has 0 saturated heterocycles. The molecule has 7 nitrogen and oxygen atoms in total. The van der Waals surface area contributed by atoms with Crippen molar-refractivity contribution in [1.82, 2.24) is 0 Å². The first-order chi connectivity index (χ1) is 16.2. The van der Waals surface area contributed by atoms with Crippen LogP contribution in [0.25, 0.3) is 0 Å². The van der Waals surface area contributed by atoms with Gasteiger partial charge in [-0.15, -0.1) is 11.8 Å². The molecular weight excluding hydrogens is 472 g/mol. The molecule has 0 aliphatic rings. The normalized spacial score (nSPS) is 11.0. The molecule has 3 rings (SSSR count). The van der Waals surface area contributed by atoms with Crippen molar-refractivity contribution in [3.63, 3.8) is 0 Å². The van der Waals surface area contributed by atoms with Crippen molar-refractivity contribution in [1.29, 1.82) is 0 Å². The van der Waals surface area contributed by atoms with Crippen LogP contribution in [0.15, 0.2) is 82.6 Å². The molecule has 34 heavy (non-hydrogen) atoms. The highest BCUT2D eigenvalue weighted by Gasteiger charge is 2.27. The number of sulfonamides is 1. The zero-order chi connectivity index (χ0) is 24.7. The quantitative estimate of drug-likeness (QED) is 0.339. The zero-order valence-electron chi connectivity index (χ0n) is 19.1. The molecule has 0 unspecified atom stereocenters. The van der Waals surface area contributed by atoms with Crippen molar-refractivity contribution in [2.45, 2.75) is 23.6 Å². The summed E-state index contributed by atoms with van der Waals surface area (Å²) in [6.45, 7) is 3.46. The van der Waals surface area contributed by atoms with Crippen LogP contribution in [0.3, 0.4) is 0 Å². The number of carbonyl (C=O) groups is 2. The number of esters is 1. The van der Waals surface area contributed by atoms with Crippen molar-refractivity contribution in [3.8, 4) is 0 Å². The Labute approximate surface area is 204 Å². The molecule has 0 radical (unpaired) electrons. The lowest BCUT2D eigenvalue weighted by molar-refractivity contribution is -0.114. The van der Waals surface area contributed by atoms with E-state index in [0.717, 1.165) is 14.8 Å². The second kappa shape index (κ2) is 11.2. The van der Waals surface area contributed by atoms with Gasteiger partial charge < -0.3 is 10.1 Å². The highest BCUT2D eigenvalue weighted by Crippen LogP contribution is 2.26. The first-order valence-corrected chi connectivity index (χ1v) is 13.2. The van der Waals surface area contributed by atoms with E-state index >= 15 is 0 Å². The third-order valence-corrected chi connectivity index (χ3v) is 7.47. The first kappa shape index (κ1) is 25.3. The van der Waals surface area contributed by atoms with Gasteiger partial charge >= 0.3 is 5.97 Å². The van der Waals surface area contributed by atoms with E-state index in [1.165, 1.54) is 36.0 Å². The number of rotatable bonds is 9. The molecule has 0 spiro atoms. The molecule has 0 aliphatic carbocycles. The van der Waals surface area contributed by atoms with Gasteiger partial charge in [-0.05, 0) is 80.8 Å². The fourth-order valence-corrected chi connectivity index (χ4v) is 4.97. The number of hydrogen-bond donors (Lipinski definition) is 1. The van der Waals surface area contributed by atoms with E-state index in [1.807, 2.05) is 13.2 Å². The summed E-state index contributed by atoms with van der Waals surface area (Å²) in [4.78, 5) is 25.7. The van der Waals surface area contributed by atoms with Crippen molar-refractivity contribution in [3.05, 3.63) is 83.9 Å². The predicted molar refractivity (Wildman–Crippen MR) is 135 cm³/mol. The van der Waals surface area contributed by atoms with E-state index in [1.54, 1.807) is 55.5 Å². The summed E-state index contributed by atoms with van der Waals surface area (Å²) >= 11 is 1.51. The SMILES string of the molecule is CCOC(=O)c1ccc(NC(=O)CN(c2ccc(C)cc2)S(=O)(=O)c2ccc(SC)cc2)cc1. The first-order valence-electron chi connectivity index (χ1n) is 10.5. The number of carbonyl (C=O) groups excluding carboxylic acids is 2. The summed E-state index contributed by atoms with van der Waals surface area (Å²) in [5, 5.41) is 2.69. The average molecular weight is 499 g/mol. The average Bonchev–Trinajstić information content (AvgIpc) is 2.84. The Balaban J connectivity index is 1.84. The van der Waals surface area contributed by atoms with Crippen molar-refractivity contribution >= 4 is 45.0 Å². The Bertz CT molecular complexity index is 1240. The second-order valence-electron chi connectivity index (χ2n) is 7.37. The van der Waals surface area contributed by atoms with Crippen molar-refractivity contribution in [2.24, 2.45) is 0 Å². The highest BCUT2D eigenvalue weighted by molar-refractivity contribution is 7.98. The molecule has 1 N–H and O–H groups in total. The molecule has 0 heterocycles. The Morgan fingerprint density at radius 1 is 0.941 bits per heavy atom. The maximum atomic E-state index is 13.5. The van der Waals surface area contributed by atoms with E-state index in [9.17, 15) is 18.0 Å². The molecule has 3 aromatic carbocycles. The fraction of sp³-hybridized carbons (Fsp3) is 0.200. The van der Waals surface area contributed by atoms with E-state index in [4.69, 9.17) is 4.74 Å². The van der Waals surface area contributed by atoms with Crippen LogP contribution in [0.4, 0.5) is 11.4 Å². The number of ether oxygens (including phenoxy) is 1. The minimum atomic E-state index is -4.00. The summed E-state index contributed by atoms with van der Waals surface area (Å²) in [5.41, 5.74) is 2.14. The van der Waals surface area contributed by atoms with Gasteiger partial charge in [-0.1, -0.05) is 17.7 Å². The fourth-order valence-electron chi connectivity index (χ4n) is 3.14. The van der Waals surface area contributed by atoms with Crippen LogP contribution in [-0.2, 0) is 19.6 Å². The molecule has 0 atom stereocenters. The summed E-state index contributed by atoms with van der Waals surface area (Å²) < 4.78 is 33.0. The smallest absolute Gasteiger partial charge is 0.338 e. The van der Waals surface area contributed by atoms with Crippen LogP contribution < -0.4 is 9.62 Å².